The number of halogens is 2. The Balaban J connectivity index is 2.32. The minimum absolute atomic E-state index is 0.0342. The summed E-state index contributed by atoms with van der Waals surface area (Å²) in [5, 5.41) is 11.9. The van der Waals surface area contributed by atoms with Crippen LogP contribution in [0.3, 0.4) is 0 Å². The minimum Gasteiger partial charge on any atom is -0.458 e. The summed E-state index contributed by atoms with van der Waals surface area (Å²) in [5.74, 6) is 0.737. The van der Waals surface area contributed by atoms with Crippen LogP contribution in [0.5, 0.6) is 17.2 Å². The zero-order valence-electron chi connectivity index (χ0n) is 12.3. The molecule has 0 saturated carbocycles. The van der Waals surface area contributed by atoms with E-state index < -0.39 is 11.2 Å². The third kappa shape index (κ3) is 4.48. The van der Waals surface area contributed by atoms with Crippen LogP contribution in [-0.4, -0.2) is 18.3 Å². The van der Waals surface area contributed by atoms with Gasteiger partial charge < -0.3 is 14.2 Å². The van der Waals surface area contributed by atoms with Gasteiger partial charge in [-0.2, -0.15) is 0 Å². The Morgan fingerprint density at radius 1 is 1.13 bits per heavy atom. The smallest absolute Gasteiger partial charge is 0.311 e. The highest BCUT2D eigenvalue weighted by molar-refractivity contribution is 6.35. The first-order valence-electron chi connectivity index (χ1n) is 6.51. The van der Waals surface area contributed by atoms with Gasteiger partial charge >= 0.3 is 5.69 Å². The Morgan fingerprint density at radius 3 is 2.48 bits per heavy atom. The lowest BCUT2D eigenvalue weighted by molar-refractivity contribution is -0.386. The maximum absolute atomic E-state index is 11.1. The van der Waals surface area contributed by atoms with E-state index in [-0.39, 0.29) is 11.4 Å². The summed E-state index contributed by atoms with van der Waals surface area (Å²) in [4.78, 5) is 10.5. The van der Waals surface area contributed by atoms with Crippen LogP contribution in [0, 0.1) is 10.1 Å². The molecule has 2 aromatic carbocycles. The second kappa shape index (κ2) is 7.50. The van der Waals surface area contributed by atoms with Crippen molar-refractivity contribution in [3.63, 3.8) is 0 Å². The molecule has 0 N–H and O–H groups in total. The first kappa shape index (κ1) is 17.3. The summed E-state index contributed by atoms with van der Waals surface area (Å²) < 4.78 is 16.0. The molecule has 0 aliphatic heterocycles. The number of nitro benzene ring substituents is 1. The van der Waals surface area contributed by atoms with E-state index in [2.05, 4.69) is 0 Å². The molecule has 0 heterocycles. The van der Waals surface area contributed by atoms with Crippen LogP contribution in [0.2, 0.25) is 10.0 Å². The normalized spacial score (nSPS) is 11.8. The highest BCUT2D eigenvalue weighted by Gasteiger charge is 2.19. The Morgan fingerprint density at radius 2 is 1.87 bits per heavy atom. The lowest BCUT2D eigenvalue weighted by Gasteiger charge is -2.14. The highest BCUT2D eigenvalue weighted by atomic mass is 35.5. The van der Waals surface area contributed by atoms with Crippen molar-refractivity contribution in [3.05, 3.63) is 56.6 Å². The average Bonchev–Trinajstić information content (AvgIpc) is 2.50. The molecule has 0 aromatic heterocycles. The molecule has 0 amide bonds. The van der Waals surface area contributed by atoms with E-state index in [1.807, 2.05) is 0 Å². The van der Waals surface area contributed by atoms with Gasteiger partial charge in [0.2, 0.25) is 5.75 Å². The number of benzene rings is 2. The quantitative estimate of drug-likeness (QED) is 0.410. The Hall–Kier alpha value is -2.02. The summed E-state index contributed by atoms with van der Waals surface area (Å²) in [7, 11) is 1.43. The maximum atomic E-state index is 11.1. The SMILES string of the molecule is COC(C)Oc1cc(Oc2ccc(Cl)cc2Cl)ccc1[N+](=O)[O-]. The Labute approximate surface area is 142 Å². The fourth-order valence-electron chi connectivity index (χ4n) is 1.72. The molecule has 122 valence electrons. The zero-order valence-corrected chi connectivity index (χ0v) is 13.8. The largest absolute Gasteiger partial charge is 0.458 e. The summed E-state index contributed by atoms with van der Waals surface area (Å²) in [6.45, 7) is 1.62. The van der Waals surface area contributed by atoms with E-state index >= 15 is 0 Å². The number of rotatable bonds is 6. The maximum Gasteiger partial charge on any atom is 0.311 e. The van der Waals surface area contributed by atoms with Gasteiger partial charge in [0.05, 0.1) is 9.95 Å². The minimum atomic E-state index is -0.650. The predicted octanol–water partition coefficient (Wildman–Crippen LogP) is 5.07. The van der Waals surface area contributed by atoms with Crippen molar-refractivity contribution in [1.29, 1.82) is 0 Å². The second-order valence-corrected chi connectivity index (χ2v) is 5.33. The van der Waals surface area contributed by atoms with E-state index in [0.29, 0.717) is 21.5 Å². The molecule has 23 heavy (non-hydrogen) atoms. The topological polar surface area (TPSA) is 70.8 Å². The third-order valence-electron chi connectivity index (χ3n) is 2.87. The molecular formula is C15H13Cl2NO5. The van der Waals surface area contributed by atoms with Crippen molar-refractivity contribution in [2.45, 2.75) is 13.2 Å². The van der Waals surface area contributed by atoms with Crippen molar-refractivity contribution in [3.8, 4) is 17.2 Å². The van der Waals surface area contributed by atoms with E-state index in [4.69, 9.17) is 37.4 Å². The van der Waals surface area contributed by atoms with E-state index in [1.54, 1.807) is 19.1 Å². The van der Waals surface area contributed by atoms with Gasteiger partial charge in [0.25, 0.3) is 0 Å². The summed E-state index contributed by atoms with van der Waals surface area (Å²) in [5.41, 5.74) is -0.191. The fourth-order valence-corrected chi connectivity index (χ4v) is 2.16. The average molecular weight is 358 g/mol. The van der Waals surface area contributed by atoms with Gasteiger partial charge in [0.1, 0.15) is 11.5 Å². The van der Waals surface area contributed by atoms with Crippen molar-refractivity contribution in [2.75, 3.05) is 7.11 Å². The Kier molecular flexibility index (Phi) is 5.65. The lowest BCUT2D eigenvalue weighted by Crippen LogP contribution is -2.14. The van der Waals surface area contributed by atoms with Gasteiger partial charge in [-0.15, -0.1) is 0 Å². The van der Waals surface area contributed by atoms with Crippen molar-refractivity contribution in [1.82, 2.24) is 0 Å². The van der Waals surface area contributed by atoms with Gasteiger partial charge in [0.15, 0.2) is 6.29 Å². The van der Waals surface area contributed by atoms with Crippen LogP contribution in [0.15, 0.2) is 36.4 Å². The monoisotopic (exact) mass is 357 g/mol. The van der Waals surface area contributed by atoms with Crippen LogP contribution in [0.1, 0.15) is 6.92 Å². The number of ether oxygens (including phenoxy) is 3. The molecule has 2 rings (SSSR count). The number of methoxy groups -OCH3 is 1. The predicted molar refractivity (Wildman–Crippen MR) is 86.7 cm³/mol. The van der Waals surface area contributed by atoms with Crippen LogP contribution in [0.4, 0.5) is 5.69 Å². The van der Waals surface area contributed by atoms with Gasteiger partial charge in [-0.3, -0.25) is 10.1 Å². The molecule has 0 fully saturated rings. The molecule has 0 bridgehead atoms. The van der Waals surface area contributed by atoms with Crippen molar-refractivity contribution < 1.29 is 19.1 Å². The van der Waals surface area contributed by atoms with Crippen LogP contribution in [-0.2, 0) is 4.74 Å². The van der Waals surface area contributed by atoms with Gasteiger partial charge in [-0.1, -0.05) is 23.2 Å². The second-order valence-electron chi connectivity index (χ2n) is 4.48. The molecule has 0 aliphatic carbocycles. The van der Waals surface area contributed by atoms with E-state index in [9.17, 15) is 10.1 Å². The molecule has 0 saturated heterocycles. The molecule has 2 aromatic rings. The first-order chi connectivity index (χ1) is 10.9. The van der Waals surface area contributed by atoms with Crippen molar-refractivity contribution >= 4 is 28.9 Å². The number of hydrogen-bond donors (Lipinski definition) is 0. The van der Waals surface area contributed by atoms with Gasteiger partial charge in [0, 0.05) is 24.3 Å². The van der Waals surface area contributed by atoms with E-state index in [1.165, 1.54) is 31.4 Å². The third-order valence-corrected chi connectivity index (χ3v) is 3.41. The summed E-state index contributed by atoms with van der Waals surface area (Å²) >= 11 is 11.9. The zero-order chi connectivity index (χ0) is 17.0. The Bertz CT molecular complexity index is 723. The summed E-state index contributed by atoms with van der Waals surface area (Å²) in [6.07, 6.45) is -0.650. The first-order valence-corrected chi connectivity index (χ1v) is 7.27. The lowest BCUT2D eigenvalue weighted by atomic mass is 10.2. The van der Waals surface area contributed by atoms with Gasteiger partial charge in [-0.25, -0.2) is 0 Å². The highest BCUT2D eigenvalue weighted by Crippen LogP contribution is 2.36. The molecular weight excluding hydrogens is 345 g/mol. The molecule has 6 nitrogen and oxygen atoms in total. The van der Waals surface area contributed by atoms with E-state index in [0.717, 1.165) is 0 Å². The van der Waals surface area contributed by atoms with Crippen LogP contribution in [0.25, 0.3) is 0 Å². The standard InChI is InChI=1S/C15H13Cl2NO5/c1-9(21-2)22-15-8-11(4-5-13(15)18(19)20)23-14-6-3-10(16)7-12(14)17/h3-9H,1-2H3. The summed E-state index contributed by atoms with van der Waals surface area (Å²) in [6, 6.07) is 8.90. The molecule has 1 atom stereocenters. The molecule has 0 radical (unpaired) electrons. The van der Waals surface area contributed by atoms with Gasteiger partial charge in [-0.05, 0) is 31.2 Å². The van der Waals surface area contributed by atoms with Crippen molar-refractivity contribution in [2.24, 2.45) is 0 Å². The molecule has 0 spiro atoms. The molecule has 1 unspecified atom stereocenters. The number of hydrogen-bond acceptors (Lipinski definition) is 5. The molecule has 8 heteroatoms. The number of nitro groups is 1. The number of nitrogens with zero attached hydrogens (tertiary/aromatic N) is 1. The van der Waals surface area contributed by atoms with Crippen LogP contribution >= 0.6 is 23.2 Å². The molecule has 0 aliphatic rings. The van der Waals surface area contributed by atoms with Crippen LogP contribution < -0.4 is 9.47 Å². The fraction of sp³-hybridized carbons (Fsp3) is 0.200.